The molecule has 1 aromatic heterocycles. The van der Waals surface area contributed by atoms with Crippen LogP contribution < -0.4 is 10.6 Å². The molecular formula is C18H23ClFN5O. The quantitative estimate of drug-likeness (QED) is 0.856. The molecule has 0 radical (unpaired) electrons. The van der Waals surface area contributed by atoms with Gasteiger partial charge < -0.3 is 10.6 Å². The van der Waals surface area contributed by atoms with E-state index in [1.54, 1.807) is 18.2 Å². The van der Waals surface area contributed by atoms with E-state index < -0.39 is 5.54 Å². The summed E-state index contributed by atoms with van der Waals surface area (Å²) in [4.78, 5) is 12.7. The maximum Gasteiger partial charge on any atom is 0.274 e. The van der Waals surface area contributed by atoms with Crippen LogP contribution in [0.25, 0.3) is 0 Å². The van der Waals surface area contributed by atoms with E-state index in [1.165, 1.54) is 6.07 Å². The van der Waals surface area contributed by atoms with Crippen molar-refractivity contribution in [3.63, 3.8) is 0 Å². The second-order valence-electron chi connectivity index (χ2n) is 6.97. The molecule has 1 saturated heterocycles. The highest BCUT2D eigenvalue weighted by molar-refractivity contribution is 5.94. The van der Waals surface area contributed by atoms with E-state index in [1.807, 2.05) is 11.6 Å². The Kier molecular flexibility index (Phi) is 5.29. The molecule has 1 aliphatic carbocycles. The number of halogens is 2. The molecule has 6 nitrogen and oxygen atoms in total. The molecule has 140 valence electrons. The molecule has 0 bridgehead atoms. The molecule has 0 unspecified atom stereocenters. The maximum absolute atomic E-state index is 14.1. The molecule has 2 N–H and O–H groups in total. The van der Waals surface area contributed by atoms with Gasteiger partial charge in [-0.1, -0.05) is 23.4 Å². The predicted molar refractivity (Wildman–Crippen MR) is 97.9 cm³/mol. The third kappa shape index (κ3) is 3.33. The third-order valence-corrected chi connectivity index (χ3v) is 5.29. The van der Waals surface area contributed by atoms with Crippen LogP contribution in [0, 0.1) is 12.7 Å². The van der Waals surface area contributed by atoms with E-state index >= 15 is 0 Å². The fourth-order valence-corrected chi connectivity index (χ4v) is 3.66. The number of nitrogens with zero attached hydrogens (tertiary/aromatic N) is 3. The average Bonchev–Trinajstić information content (AvgIpc) is 3.29. The van der Waals surface area contributed by atoms with Crippen LogP contribution in [0.1, 0.15) is 53.5 Å². The van der Waals surface area contributed by atoms with Crippen LogP contribution in [0.5, 0.6) is 0 Å². The Morgan fingerprint density at radius 1 is 1.31 bits per heavy atom. The van der Waals surface area contributed by atoms with Crippen LogP contribution >= 0.6 is 12.4 Å². The number of hydrogen-bond acceptors (Lipinski definition) is 4. The van der Waals surface area contributed by atoms with Gasteiger partial charge >= 0.3 is 0 Å². The lowest BCUT2D eigenvalue weighted by molar-refractivity contribution is 0.0924. The van der Waals surface area contributed by atoms with Gasteiger partial charge in [-0.05, 0) is 51.8 Å². The number of carbonyl (C=O) groups is 1. The minimum Gasteiger partial charge on any atom is -0.341 e. The number of benzene rings is 1. The van der Waals surface area contributed by atoms with Crippen molar-refractivity contribution in [1.82, 2.24) is 25.6 Å². The summed E-state index contributed by atoms with van der Waals surface area (Å²) in [5.41, 5.74) is 1.05. The molecule has 2 aliphatic rings. The van der Waals surface area contributed by atoms with E-state index in [0.29, 0.717) is 11.3 Å². The van der Waals surface area contributed by atoms with Crippen LogP contribution in [0.4, 0.5) is 4.39 Å². The molecule has 1 saturated carbocycles. The van der Waals surface area contributed by atoms with Gasteiger partial charge in [0, 0.05) is 5.56 Å². The lowest BCUT2D eigenvalue weighted by Gasteiger charge is -2.23. The number of rotatable bonds is 4. The van der Waals surface area contributed by atoms with E-state index in [0.717, 1.165) is 44.5 Å². The monoisotopic (exact) mass is 379 g/mol. The molecular weight excluding hydrogens is 357 g/mol. The fourth-order valence-electron chi connectivity index (χ4n) is 3.66. The lowest BCUT2D eigenvalue weighted by Crippen LogP contribution is -2.36. The first-order valence-electron chi connectivity index (χ1n) is 8.81. The molecule has 0 atom stereocenters. The molecule has 1 aliphatic heterocycles. The SMILES string of the molecule is Cc1c(C(=O)NC2(c3ccccc3F)CC2)nnn1C1CCNCC1.Cl. The standard InChI is InChI=1S/C18H22FN5O.ClH/c1-12-16(22-23-24(12)13-6-10-20-11-7-13)17(25)21-18(8-9-18)14-4-2-3-5-15(14)19;/h2-5,13,20H,6-11H2,1H3,(H,21,25);1H. The highest BCUT2D eigenvalue weighted by Gasteiger charge is 2.47. The van der Waals surface area contributed by atoms with E-state index in [9.17, 15) is 9.18 Å². The van der Waals surface area contributed by atoms with Crippen LogP contribution in [0.3, 0.4) is 0 Å². The number of amides is 1. The van der Waals surface area contributed by atoms with Crippen molar-refractivity contribution >= 4 is 18.3 Å². The van der Waals surface area contributed by atoms with Crippen molar-refractivity contribution in [2.24, 2.45) is 0 Å². The first kappa shape index (κ1) is 18.8. The number of aromatic nitrogens is 3. The van der Waals surface area contributed by atoms with Gasteiger partial charge in [0.1, 0.15) is 5.82 Å². The van der Waals surface area contributed by atoms with Gasteiger partial charge in [-0.3, -0.25) is 4.79 Å². The summed E-state index contributed by atoms with van der Waals surface area (Å²) >= 11 is 0. The van der Waals surface area contributed by atoms with Gasteiger partial charge in [0.05, 0.1) is 17.3 Å². The van der Waals surface area contributed by atoms with Gasteiger partial charge in [0.25, 0.3) is 5.91 Å². The molecule has 4 rings (SSSR count). The van der Waals surface area contributed by atoms with Crippen molar-refractivity contribution < 1.29 is 9.18 Å². The molecule has 2 aromatic rings. The number of hydrogen-bond donors (Lipinski definition) is 2. The van der Waals surface area contributed by atoms with Gasteiger partial charge in [0.15, 0.2) is 5.69 Å². The minimum absolute atomic E-state index is 0. The van der Waals surface area contributed by atoms with Gasteiger partial charge in [-0.25, -0.2) is 9.07 Å². The maximum atomic E-state index is 14.1. The Bertz CT molecular complexity index is 799. The van der Waals surface area contributed by atoms with E-state index in [2.05, 4.69) is 20.9 Å². The summed E-state index contributed by atoms with van der Waals surface area (Å²) in [7, 11) is 0. The lowest BCUT2D eigenvalue weighted by atomic mass is 10.0. The largest absolute Gasteiger partial charge is 0.341 e. The molecule has 1 amide bonds. The van der Waals surface area contributed by atoms with Crippen molar-refractivity contribution in [3.05, 3.63) is 47.0 Å². The van der Waals surface area contributed by atoms with Gasteiger partial charge in [0.2, 0.25) is 0 Å². The molecule has 2 fully saturated rings. The number of piperidine rings is 1. The molecule has 0 spiro atoms. The normalized spacial score (nSPS) is 18.8. The Labute approximate surface area is 158 Å². The smallest absolute Gasteiger partial charge is 0.274 e. The average molecular weight is 380 g/mol. The zero-order valence-electron chi connectivity index (χ0n) is 14.7. The van der Waals surface area contributed by atoms with Crippen molar-refractivity contribution in [2.45, 2.75) is 44.2 Å². The van der Waals surface area contributed by atoms with Gasteiger partial charge in [-0.2, -0.15) is 0 Å². The van der Waals surface area contributed by atoms with E-state index in [4.69, 9.17) is 0 Å². The fraction of sp³-hybridized carbons (Fsp3) is 0.500. The molecule has 1 aromatic carbocycles. The first-order chi connectivity index (χ1) is 12.1. The Balaban J connectivity index is 0.00000196. The second-order valence-corrected chi connectivity index (χ2v) is 6.97. The Morgan fingerprint density at radius 3 is 2.65 bits per heavy atom. The number of carbonyl (C=O) groups excluding carboxylic acids is 1. The van der Waals surface area contributed by atoms with Crippen LogP contribution in [0.15, 0.2) is 24.3 Å². The zero-order chi connectivity index (χ0) is 17.4. The third-order valence-electron chi connectivity index (χ3n) is 5.29. The highest BCUT2D eigenvalue weighted by Crippen LogP contribution is 2.46. The van der Waals surface area contributed by atoms with Crippen molar-refractivity contribution in [3.8, 4) is 0 Å². The highest BCUT2D eigenvalue weighted by atomic mass is 35.5. The van der Waals surface area contributed by atoms with Crippen LogP contribution in [0.2, 0.25) is 0 Å². The predicted octanol–water partition coefficient (Wildman–Crippen LogP) is 2.49. The molecule has 2 heterocycles. The summed E-state index contributed by atoms with van der Waals surface area (Å²) in [6.07, 6.45) is 3.43. The van der Waals surface area contributed by atoms with Crippen LogP contribution in [-0.4, -0.2) is 34.0 Å². The first-order valence-corrected chi connectivity index (χ1v) is 8.81. The summed E-state index contributed by atoms with van der Waals surface area (Å²) in [5, 5.41) is 14.6. The summed E-state index contributed by atoms with van der Waals surface area (Å²) in [6.45, 7) is 3.77. The summed E-state index contributed by atoms with van der Waals surface area (Å²) in [6, 6.07) is 6.90. The minimum atomic E-state index is -0.604. The molecule has 8 heteroatoms. The topological polar surface area (TPSA) is 71.8 Å². The second kappa shape index (κ2) is 7.32. The Morgan fingerprint density at radius 2 is 2.00 bits per heavy atom. The van der Waals surface area contributed by atoms with Crippen molar-refractivity contribution in [1.29, 1.82) is 0 Å². The van der Waals surface area contributed by atoms with Gasteiger partial charge in [-0.15, -0.1) is 17.5 Å². The molecule has 26 heavy (non-hydrogen) atoms. The summed E-state index contributed by atoms with van der Waals surface area (Å²) < 4.78 is 16.0. The number of nitrogens with one attached hydrogen (secondary N) is 2. The Hall–Kier alpha value is -1.99. The van der Waals surface area contributed by atoms with Crippen LogP contribution in [-0.2, 0) is 5.54 Å². The summed E-state index contributed by atoms with van der Waals surface area (Å²) in [5.74, 6) is -0.561. The van der Waals surface area contributed by atoms with E-state index in [-0.39, 0.29) is 30.2 Å². The zero-order valence-corrected chi connectivity index (χ0v) is 15.5. The van der Waals surface area contributed by atoms with Crippen molar-refractivity contribution in [2.75, 3.05) is 13.1 Å².